The molecule has 2 N–H and O–H groups in total. The van der Waals surface area contributed by atoms with E-state index >= 15 is 0 Å². The summed E-state index contributed by atoms with van der Waals surface area (Å²) in [6, 6.07) is 15.6. The molecule has 0 radical (unpaired) electrons. The highest BCUT2D eigenvalue weighted by atomic mass is 19.1. The maximum atomic E-state index is 13.9. The van der Waals surface area contributed by atoms with E-state index in [9.17, 15) is 9.18 Å². The number of nitrogens with one attached hydrogen (secondary N) is 2. The molecule has 2 amide bonds. The Bertz CT molecular complexity index is 1220. The van der Waals surface area contributed by atoms with Crippen LogP contribution in [0, 0.1) is 5.82 Å². The van der Waals surface area contributed by atoms with Crippen molar-refractivity contribution in [1.82, 2.24) is 24.9 Å². The lowest BCUT2D eigenvalue weighted by Crippen LogP contribution is -2.34. The first-order valence-corrected chi connectivity index (χ1v) is 10.6. The zero-order valence-corrected chi connectivity index (χ0v) is 17.4. The topological polar surface area (TPSA) is 76.8 Å². The molecule has 4 aromatic rings. The number of nitrogens with zero attached hydrogens (tertiary/aromatic N) is 4. The molecule has 7 nitrogen and oxygen atoms in total. The van der Waals surface area contributed by atoms with Gasteiger partial charge in [0, 0.05) is 23.7 Å². The Labute approximate surface area is 184 Å². The molecule has 0 fully saturated rings. The number of anilines is 1. The number of rotatable bonds is 5. The number of carbonyl (C=O) groups is 1. The van der Waals surface area contributed by atoms with Gasteiger partial charge in [-0.2, -0.15) is 10.2 Å². The van der Waals surface area contributed by atoms with Gasteiger partial charge in [-0.1, -0.05) is 30.3 Å². The minimum atomic E-state index is -0.432. The second kappa shape index (κ2) is 8.66. The Balaban J connectivity index is 1.32. The highest BCUT2D eigenvalue weighted by Gasteiger charge is 2.26. The van der Waals surface area contributed by atoms with Crippen LogP contribution in [0.3, 0.4) is 0 Å². The predicted octanol–water partition coefficient (Wildman–Crippen LogP) is 4.46. The van der Waals surface area contributed by atoms with Crippen LogP contribution >= 0.6 is 0 Å². The summed E-state index contributed by atoms with van der Waals surface area (Å²) in [6.45, 7) is 0.700. The average molecular weight is 430 g/mol. The van der Waals surface area contributed by atoms with Crippen molar-refractivity contribution < 1.29 is 9.18 Å². The summed E-state index contributed by atoms with van der Waals surface area (Å²) in [6.07, 6.45) is 7.92. The van der Waals surface area contributed by atoms with Gasteiger partial charge >= 0.3 is 6.03 Å². The minimum Gasteiger partial charge on any atom is -0.331 e. The molecule has 1 aliphatic rings. The van der Waals surface area contributed by atoms with Gasteiger partial charge in [0.05, 0.1) is 30.2 Å². The van der Waals surface area contributed by atoms with E-state index < -0.39 is 11.8 Å². The maximum Gasteiger partial charge on any atom is 0.319 e. The number of aromatic nitrogens is 4. The highest BCUT2D eigenvalue weighted by molar-refractivity contribution is 5.91. The molecule has 8 heteroatoms. The number of hydrogen-bond donors (Lipinski definition) is 2. The molecule has 0 saturated carbocycles. The number of amides is 2. The lowest BCUT2D eigenvalue weighted by molar-refractivity contribution is 0.247. The van der Waals surface area contributed by atoms with E-state index in [2.05, 4.69) is 33.0 Å². The van der Waals surface area contributed by atoms with E-state index in [0.29, 0.717) is 17.9 Å². The Morgan fingerprint density at radius 2 is 2.00 bits per heavy atom. The Morgan fingerprint density at radius 1 is 1.12 bits per heavy atom. The van der Waals surface area contributed by atoms with Gasteiger partial charge in [-0.15, -0.1) is 0 Å². The maximum absolute atomic E-state index is 13.9. The number of fused-ring (bicyclic) bond motifs is 1. The lowest BCUT2D eigenvalue weighted by atomic mass is 9.93. The minimum absolute atomic E-state index is 0.148. The van der Waals surface area contributed by atoms with Crippen molar-refractivity contribution >= 4 is 11.7 Å². The molecule has 1 atom stereocenters. The van der Waals surface area contributed by atoms with E-state index in [-0.39, 0.29) is 6.04 Å². The van der Waals surface area contributed by atoms with Gasteiger partial charge in [-0.05, 0) is 49.1 Å². The predicted molar refractivity (Wildman–Crippen MR) is 119 cm³/mol. The number of benzene rings is 2. The summed E-state index contributed by atoms with van der Waals surface area (Å²) < 4.78 is 17.5. The van der Waals surface area contributed by atoms with Crippen molar-refractivity contribution in [3.05, 3.63) is 95.8 Å². The molecule has 5 rings (SSSR count). The first kappa shape index (κ1) is 20.0. The summed E-state index contributed by atoms with van der Waals surface area (Å²) >= 11 is 0. The standard InChI is InChI=1S/C24H23FN6O/c25-18-10-11-23(30-13-5-12-26-30)21(14-18)29-24(32)28-20-8-4-9-22-19(20)15-27-31(22)16-17-6-2-1-3-7-17/h1-3,5-7,10-15,20H,4,8-9,16H2,(H2,28,29,32). The van der Waals surface area contributed by atoms with Gasteiger partial charge < -0.3 is 10.6 Å². The molecular weight excluding hydrogens is 407 g/mol. The van der Waals surface area contributed by atoms with Gasteiger partial charge in [0.15, 0.2) is 0 Å². The number of carbonyl (C=O) groups excluding carboxylic acids is 1. The lowest BCUT2D eigenvalue weighted by Gasteiger charge is -2.24. The highest BCUT2D eigenvalue weighted by Crippen LogP contribution is 2.30. The van der Waals surface area contributed by atoms with Gasteiger partial charge in [0.1, 0.15) is 5.82 Å². The molecule has 2 heterocycles. The molecule has 32 heavy (non-hydrogen) atoms. The Hall–Kier alpha value is -3.94. The quantitative estimate of drug-likeness (QED) is 0.491. The van der Waals surface area contributed by atoms with Crippen LogP contribution in [0.25, 0.3) is 5.69 Å². The normalized spacial score (nSPS) is 15.2. The molecule has 2 aromatic carbocycles. The fourth-order valence-electron chi connectivity index (χ4n) is 4.20. The van der Waals surface area contributed by atoms with Crippen molar-refractivity contribution in [3.63, 3.8) is 0 Å². The van der Waals surface area contributed by atoms with Crippen molar-refractivity contribution in [3.8, 4) is 5.69 Å². The van der Waals surface area contributed by atoms with Gasteiger partial charge in [0.25, 0.3) is 0 Å². The third-order valence-electron chi connectivity index (χ3n) is 5.70. The molecular formula is C24H23FN6O. The Kier molecular flexibility index (Phi) is 5.41. The van der Waals surface area contributed by atoms with Crippen LogP contribution in [0.4, 0.5) is 14.9 Å². The summed E-state index contributed by atoms with van der Waals surface area (Å²) in [5, 5.41) is 14.6. The van der Waals surface area contributed by atoms with Crippen molar-refractivity contribution in [2.75, 3.05) is 5.32 Å². The smallest absolute Gasteiger partial charge is 0.319 e. The van der Waals surface area contributed by atoms with Crippen LogP contribution in [-0.2, 0) is 13.0 Å². The summed E-state index contributed by atoms with van der Waals surface area (Å²) in [4.78, 5) is 12.8. The van der Waals surface area contributed by atoms with Gasteiger partial charge in [0.2, 0.25) is 0 Å². The fourth-order valence-corrected chi connectivity index (χ4v) is 4.20. The van der Waals surface area contributed by atoms with Gasteiger partial charge in [-0.3, -0.25) is 4.68 Å². The number of halogens is 1. The van der Waals surface area contributed by atoms with E-state index in [1.54, 1.807) is 29.2 Å². The summed E-state index contributed by atoms with van der Waals surface area (Å²) in [5.74, 6) is -0.432. The molecule has 0 spiro atoms. The zero-order chi connectivity index (χ0) is 21.9. The molecule has 162 valence electrons. The van der Waals surface area contributed by atoms with Crippen molar-refractivity contribution in [1.29, 1.82) is 0 Å². The first-order chi connectivity index (χ1) is 15.7. The van der Waals surface area contributed by atoms with E-state index in [4.69, 9.17) is 0 Å². The first-order valence-electron chi connectivity index (χ1n) is 10.6. The monoisotopic (exact) mass is 430 g/mol. The van der Waals surface area contributed by atoms with E-state index in [0.717, 1.165) is 30.5 Å². The number of urea groups is 1. The third-order valence-corrected chi connectivity index (χ3v) is 5.70. The van der Waals surface area contributed by atoms with Crippen LogP contribution in [0.2, 0.25) is 0 Å². The average Bonchev–Trinajstić information content (AvgIpc) is 3.46. The molecule has 0 bridgehead atoms. The number of hydrogen-bond acceptors (Lipinski definition) is 3. The molecule has 0 aliphatic heterocycles. The largest absolute Gasteiger partial charge is 0.331 e. The molecule has 1 unspecified atom stereocenters. The second-order valence-corrected chi connectivity index (χ2v) is 7.85. The second-order valence-electron chi connectivity index (χ2n) is 7.85. The Morgan fingerprint density at radius 3 is 2.81 bits per heavy atom. The van der Waals surface area contributed by atoms with Crippen molar-refractivity contribution in [2.24, 2.45) is 0 Å². The molecule has 0 saturated heterocycles. The van der Waals surface area contributed by atoms with E-state index in [1.807, 2.05) is 29.1 Å². The van der Waals surface area contributed by atoms with Crippen LogP contribution < -0.4 is 10.6 Å². The molecule has 2 aromatic heterocycles. The SMILES string of the molecule is O=C(Nc1cc(F)ccc1-n1cccn1)NC1CCCc2c1cnn2Cc1ccccc1. The van der Waals surface area contributed by atoms with Crippen LogP contribution in [0.1, 0.15) is 35.7 Å². The summed E-state index contributed by atoms with van der Waals surface area (Å²) in [5.41, 5.74) is 4.30. The zero-order valence-electron chi connectivity index (χ0n) is 17.4. The summed E-state index contributed by atoms with van der Waals surface area (Å²) in [7, 11) is 0. The van der Waals surface area contributed by atoms with Crippen LogP contribution in [0.5, 0.6) is 0 Å². The van der Waals surface area contributed by atoms with Gasteiger partial charge in [-0.25, -0.2) is 13.9 Å². The van der Waals surface area contributed by atoms with E-state index in [1.165, 1.54) is 17.7 Å². The van der Waals surface area contributed by atoms with Crippen molar-refractivity contribution in [2.45, 2.75) is 31.8 Å². The molecule has 1 aliphatic carbocycles. The third kappa shape index (κ3) is 4.12. The van der Waals surface area contributed by atoms with Crippen LogP contribution in [0.15, 0.2) is 73.2 Å². The van der Waals surface area contributed by atoms with Crippen LogP contribution in [-0.4, -0.2) is 25.6 Å². The fraction of sp³-hybridized carbons (Fsp3) is 0.208.